The van der Waals surface area contributed by atoms with Crippen LogP contribution in [0.5, 0.6) is 0 Å². The van der Waals surface area contributed by atoms with Crippen molar-refractivity contribution in [3.63, 3.8) is 0 Å². The average Bonchev–Trinajstić information content (AvgIpc) is 3.08. The fourth-order valence-corrected chi connectivity index (χ4v) is 2.48. The van der Waals surface area contributed by atoms with Gasteiger partial charge in [0.2, 0.25) is 5.95 Å². The van der Waals surface area contributed by atoms with Crippen LogP contribution < -0.4 is 11.1 Å². The van der Waals surface area contributed by atoms with Crippen molar-refractivity contribution in [2.75, 3.05) is 30.8 Å². The monoisotopic (exact) mass is 326 g/mol. The lowest BCUT2D eigenvalue weighted by molar-refractivity contribution is -0.0511. The van der Waals surface area contributed by atoms with Gasteiger partial charge in [0.1, 0.15) is 23.8 Å². The molecule has 0 spiro atoms. The number of nitrogen functional groups attached to an aromatic ring is 1. The predicted octanol–water partition coefficient (Wildman–Crippen LogP) is -2.58. The fraction of sp³-hybridized carbons (Fsp3) is 0.583. The van der Waals surface area contributed by atoms with Gasteiger partial charge in [0, 0.05) is 6.54 Å². The van der Waals surface area contributed by atoms with Gasteiger partial charge in [0.15, 0.2) is 17.7 Å². The number of hydrogen-bond donors (Lipinski definition) is 6. The van der Waals surface area contributed by atoms with Crippen molar-refractivity contribution in [3.05, 3.63) is 6.33 Å². The molecule has 4 atom stereocenters. The van der Waals surface area contributed by atoms with Crippen molar-refractivity contribution in [1.82, 2.24) is 19.5 Å². The summed E-state index contributed by atoms with van der Waals surface area (Å²) >= 11 is 0. The minimum absolute atomic E-state index is 0.102. The molecule has 0 aliphatic carbocycles. The maximum absolute atomic E-state index is 10.1. The molecule has 3 heterocycles. The zero-order valence-electron chi connectivity index (χ0n) is 12.1. The second-order valence-electron chi connectivity index (χ2n) is 5.14. The Morgan fingerprint density at radius 1 is 1.26 bits per heavy atom. The number of imidazole rings is 1. The summed E-state index contributed by atoms with van der Waals surface area (Å²) in [6.45, 7) is -0.288. The lowest BCUT2D eigenvalue weighted by Crippen LogP contribution is -2.33. The largest absolute Gasteiger partial charge is 0.395 e. The lowest BCUT2D eigenvalue weighted by atomic mass is 10.1. The normalized spacial score (nSPS) is 27.7. The molecular weight excluding hydrogens is 308 g/mol. The number of fused-ring (bicyclic) bond motifs is 1. The van der Waals surface area contributed by atoms with E-state index in [0.717, 1.165) is 0 Å². The number of aliphatic hydroxyl groups excluding tert-OH is 4. The Bertz CT molecular complexity index is 694. The minimum atomic E-state index is -1.26. The van der Waals surface area contributed by atoms with Crippen LogP contribution in [0.1, 0.15) is 6.23 Å². The molecule has 7 N–H and O–H groups in total. The molecule has 126 valence electrons. The molecule has 0 amide bonds. The van der Waals surface area contributed by atoms with Gasteiger partial charge < -0.3 is 36.2 Å². The van der Waals surface area contributed by atoms with Crippen molar-refractivity contribution in [1.29, 1.82) is 0 Å². The number of nitrogens with zero attached hydrogens (tertiary/aromatic N) is 4. The number of hydrogen-bond acceptors (Lipinski definition) is 10. The smallest absolute Gasteiger partial charge is 0.226 e. The Morgan fingerprint density at radius 3 is 2.70 bits per heavy atom. The maximum atomic E-state index is 10.1. The van der Waals surface area contributed by atoms with Gasteiger partial charge in [0.05, 0.1) is 19.5 Å². The van der Waals surface area contributed by atoms with Crippen LogP contribution in [0.4, 0.5) is 11.8 Å². The van der Waals surface area contributed by atoms with E-state index in [9.17, 15) is 10.2 Å². The summed E-state index contributed by atoms with van der Waals surface area (Å²) < 4.78 is 6.88. The molecule has 1 aliphatic heterocycles. The summed E-state index contributed by atoms with van der Waals surface area (Å²) in [5.41, 5.74) is 6.45. The van der Waals surface area contributed by atoms with Gasteiger partial charge in [-0.05, 0) is 0 Å². The molecule has 0 bridgehead atoms. The first-order valence-electron chi connectivity index (χ1n) is 7.04. The molecule has 11 heteroatoms. The van der Waals surface area contributed by atoms with E-state index >= 15 is 0 Å². The van der Waals surface area contributed by atoms with E-state index in [2.05, 4.69) is 20.3 Å². The van der Waals surface area contributed by atoms with Gasteiger partial charge in [-0.3, -0.25) is 4.57 Å². The Hall–Kier alpha value is -2.05. The molecule has 1 fully saturated rings. The molecule has 2 aromatic rings. The van der Waals surface area contributed by atoms with Gasteiger partial charge in [0.25, 0.3) is 0 Å². The summed E-state index contributed by atoms with van der Waals surface area (Å²) in [6, 6.07) is 0. The van der Waals surface area contributed by atoms with Gasteiger partial charge in [-0.2, -0.15) is 9.97 Å². The molecule has 3 rings (SSSR count). The van der Waals surface area contributed by atoms with Crippen LogP contribution in [0.25, 0.3) is 11.2 Å². The summed E-state index contributed by atoms with van der Waals surface area (Å²) in [6.07, 6.45) is -2.99. The molecule has 1 aliphatic rings. The highest BCUT2D eigenvalue weighted by molar-refractivity contribution is 5.82. The first-order valence-corrected chi connectivity index (χ1v) is 7.04. The SMILES string of the molecule is Nc1nc(NCCO)nc2c1ncn2[C@@H]1O[C@H](CO)[C@@H](O)[C@H]1O. The highest BCUT2D eigenvalue weighted by Crippen LogP contribution is 2.32. The topological polar surface area (TPSA) is 172 Å². The average molecular weight is 326 g/mol. The number of nitrogens with two attached hydrogens (primary N) is 1. The third-order valence-corrected chi connectivity index (χ3v) is 3.63. The molecule has 0 unspecified atom stereocenters. The number of rotatable bonds is 5. The van der Waals surface area contributed by atoms with Crippen molar-refractivity contribution in [3.8, 4) is 0 Å². The number of nitrogens with one attached hydrogen (secondary N) is 1. The molecule has 0 aromatic carbocycles. The number of anilines is 2. The van der Waals surface area contributed by atoms with Crippen molar-refractivity contribution >= 4 is 22.9 Å². The third kappa shape index (κ3) is 2.68. The summed E-state index contributed by atoms with van der Waals surface area (Å²) in [5.74, 6) is 0.318. The second-order valence-corrected chi connectivity index (χ2v) is 5.14. The maximum Gasteiger partial charge on any atom is 0.226 e. The van der Waals surface area contributed by atoms with Crippen LogP contribution in [0.3, 0.4) is 0 Å². The summed E-state index contributed by atoms with van der Waals surface area (Å²) in [5, 5.41) is 40.8. The van der Waals surface area contributed by atoms with Crippen LogP contribution >= 0.6 is 0 Å². The van der Waals surface area contributed by atoms with Gasteiger partial charge in [-0.1, -0.05) is 0 Å². The molecule has 0 radical (unpaired) electrons. The lowest BCUT2D eigenvalue weighted by Gasteiger charge is -2.16. The van der Waals surface area contributed by atoms with Crippen LogP contribution in [0.15, 0.2) is 6.33 Å². The number of aromatic nitrogens is 4. The Kier molecular flexibility index (Phi) is 4.28. The zero-order chi connectivity index (χ0) is 16.6. The molecule has 23 heavy (non-hydrogen) atoms. The third-order valence-electron chi connectivity index (χ3n) is 3.63. The van der Waals surface area contributed by atoms with E-state index < -0.39 is 31.1 Å². The standard InChI is InChI=1S/C12H18N6O5/c13-9-6-10(17-12(16-9)14-1-2-19)18(4-15-6)11-8(22)7(21)5(3-20)23-11/h4-5,7-8,11,19-22H,1-3H2,(H3,13,14,16,17)/t5-,7-,8-,11-/m1/s1. The summed E-state index contributed by atoms with van der Waals surface area (Å²) in [7, 11) is 0. The molecule has 2 aromatic heterocycles. The summed E-state index contributed by atoms with van der Waals surface area (Å²) in [4.78, 5) is 12.4. The fourth-order valence-electron chi connectivity index (χ4n) is 2.48. The first-order chi connectivity index (χ1) is 11.1. The van der Waals surface area contributed by atoms with E-state index in [1.807, 2.05) is 0 Å². The number of ether oxygens (including phenoxy) is 1. The van der Waals surface area contributed by atoms with Gasteiger partial charge in [-0.15, -0.1) is 0 Å². The van der Waals surface area contributed by atoms with Crippen molar-refractivity contribution in [2.45, 2.75) is 24.5 Å². The Morgan fingerprint density at radius 2 is 2.04 bits per heavy atom. The van der Waals surface area contributed by atoms with Crippen LogP contribution in [0, 0.1) is 0 Å². The highest BCUT2D eigenvalue weighted by Gasteiger charge is 2.44. The Labute approximate surface area is 130 Å². The van der Waals surface area contributed by atoms with Crippen LogP contribution in [0.2, 0.25) is 0 Å². The van der Waals surface area contributed by atoms with Crippen molar-refractivity contribution in [2.24, 2.45) is 0 Å². The van der Waals surface area contributed by atoms with Crippen LogP contribution in [-0.2, 0) is 4.74 Å². The minimum Gasteiger partial charge on any atom is -0.395 e. The van der Waals surface area contributed by atoms with E-state index in [1.165, 1.54) is 10.9 Å². The molecular formula is C12H18N6O5. The van der Waals surface area contributed by atoms with Crippen LogP contribution in [-0.4, -0.2) is 78.0 Å². The van der Waals surface area contributed by atoms with E-state index in [-0.39, 0.29) is 24.9 Å². The zero-order valence-corrected chi connectivity index (χ0v) is 12.1. The van der Waals surface area contributed by atoms with Gasteiger partial charge in [-0.25, -0.2) is 4.98 Å². The number of aliphatic hydroxyl groups is 4. The quantitative estimate of drug-likeness (QED) is 0.343. The molecule has 11 nitrogen and oxygen atoms in total. The highest BCUT2D eigenvalue weighted by atomic mass is 16.6. The van der Waals surface area contributed by atoms with Gasteiger partial charge >= 0.3 is 0 Å². The Balaban J connectivity index is 1.99. The predicted molar refractivity (Wildman–Crippen MR) is 78.3 cm³/mol. The van der Waals surface area contributed by atoms with E-state index in [0.29, 0.717) is 11.2 Å². The van der Waals surface area contributed by atoms with Crippen molar-refractivity contribution < 1.29 is 25.2 Å². The molecule has 0 saturated carbocycles. The van der Waals surface area contributed by atoms with E-state index in [4.69, 9.17) is 20.7 Å². The van der Waals surface area contributed by atoms with E-state index in [1.54, 1.807) is 0 Å². The molecule has 1 saturated heterocycles. The second kappa shape index (κ2) is 6.22. The first kappa shape index (κ1) is 15.8.